The Kier molecular flexibility index (Phi) is 5.74. The van der Waals surface area contributed by atoms with Gasteiger partial charge in [0.05, 0.1) is 11.9 Å². The summed E-state index contributed by atoms with van der Waals surface area (Å²) in [5.74, 6) is -0.263. The van der Waals surface area contributed by atoms with E-state index in [4.69, 9.17) is 0 Å². The Labute approximate surface area is 135 Å². The van der Waals surface area contributed by atoms with Gasteiger partial charge in [0.25, 0.3) is 0 Å². The summed E-state index contributed by atoms with van der Waals surface area (Å²) < 4.78 is 24.5. The topological polar surface area (TPSA) is 66.4 Å². The van der Waals surface area contributed by atoms with Crippen LogP contribution in [0.3, 0.4) is 0 Å². The molecule has 0 radical (unpaired) electrons. The Morgan fingerprint density at radius 3 is 2.59 bits per heavy atom. The van der Waals surface area contributed by atoms with E-state index in [9.17, 15) is 13.5 Å². The van der Waals surface area contributed by atoms with Crippen molar-refractivity contribution in [3.63, 3.8) is 0 Å². The molecule has 2 N–H and O–H groups in total. The third-order valence-electron chi connectivity index (χ3n) is 3.53. The van der Waals surface area contributed by atoms with Crippen molar-refractivity contribution in [1.82, 2.24) is 5.32 Å². The number of hydrogen-bond acceptors (Lipinski definition) is 5. The lowest BCUT2D eigenvalue weighted by Gasteiger charge is -2.19. The van der Waals surface area contributed by atoms with Gasteiger partial charge in [-0.2, -0.15) is 0 Å². The van der Waals surface area contributed by atoms with E-state index < -0.39 is 15.9 Å². The molecule has 2 aromatic rings. The van der Waals surface area contributed by atoms with Crippen LogP contribution < -0.4 is 5.32 Å². The number of benzene rings is 1. The van der Waals surface area contributed by atoms with E-state index >= 15 is 0 Å². The molecule has 0 amide bonds. The van der Waals surface area contributed by atoms with Crippen LogP contribution in [0.25, 0.3) is 0 Å². The maximum Gasteiger partial charge on any atom is 0.190 e. The number of rotatable bonds is 7. The van der Waals surface area contributed by atoms with Gasteiger partial charge in [0.1, 0.15) is 4.21 Å². The van der Waals surface area contributed by atoms with Gasteiger partial charge in [0, 0.05) is 12.6 Å². The minimum absolute atomic E-state index is 0.0558. The molecule has 22 heavy (non-hydrogen) atoms. The molecule has 4 nitrogen and oxygen atoms in total. The largest absolute Gasteiger partial charge is 0.391 e. The smallest absolute Gasteiger partial charge is 0.190 e. The molecule has 2 rings (SSSR count). The third kappa shape index (κ3) is 4.39. The van der Waals surface area contributed by atoms with E-state index in [1.807, 2.05) is 38.1 Å². The van der Waals surface area contributed by atoms with Gasteiger partial charge in [0.15, 0.2) is 9.84 Å². The van der Waals surface area contributed by atoms with Crippen molar-refractivity contribution in [2.24, 2.45) is 0 Å². The van der Waals surface area contributed by atoms with Crippen LogP contribution in [-0.4, -0.2) is 31.9 Å². The molecular weight excluding hydrogens is 318 g/mol. The van der Waals surface area contributed by atoms with Crippen molar-refractivity contribution in [1.29, 1.82) is 0 Å². The van der Waals surface area contributed by atoms with Gasteiger partial charge in [-0.25, -0.2) is 8.42 Å². The van der Waals surface area contributed by atoms with Crippen molar-refractivity contribution in [3.8, 4) is 0 Å². The van der Waals surface area contributed by atoms with Crippen molar-refractivity contribution in [2.45, 2.75) is 30.2 Å². The van der Waals surface area contributed by atoms with Crippen LogP contribution in [0.1, 0.15) is 24.1 Å². The van der Waals surface area contributed by atoms with Crippen molar-refractivity contribution < 1.29 is 13.5 Å². The van der Waals surface area contributed by atoms with Gasteiger partial charge in [-0.05, 0) is 36.4 Å². The number of sulfone groups is 1. The van der Waals surface area contributed by atoms with Gasteiger partial charge >= 0.3 is 0 Å². The SMILES string of the molecule is Cc1ccccc1C(C)NCC(O)CS(=O)(=O)c1cccs1. The molecule has 0 aliphatic heterocycles. The van der Waals surface area contributed by atoms with E-state index in [0.717, 1.165) is 5.56 Å². The summed E-state index contributed by atoms with van der Waals surface area (Å²) in [6.07, 6.45) is -0.932. The van der Waals surface area contributed by atoms with Crippen LogP contribution >= 0.6 is 11.3 Å². The Morgan fingerprint density at radius 1 is 1.23 bits per heavy atom. The normalized spacial score (nSPS) is 14.7. The van der Waals surface area contributed by atoms with E-state index in [1.165, 1.54) is 16.9 Å². The summed E-state index contributed by atoms with van der Waals surface area (Å²) in [7, 11) is -3.41. The Balaban J connectivity index is 1.91. The molecule has 1 aromatic carbocycles. The van der Waals surface area contributed by atoms with Crippen molar-refractivity contribution >= 4 is 21.2 Å². The summed E-state index contributed by atoms with van der Waals surface area (Å²) >= 11 is 1.18. The predicted molar refractivity (Wildman–Crippen MR) is 90.0 cm³/mol. The molecule has 0 saturated carbocycles. The molecule has 0 fully saturated rings. The monoisotopic (exact) mass is 339 g/mol. The van der Waals surface area contributed by atoms with Gasteiger partial charge in [0.2, 0.25) is 0 Å². The molecule has 2 unspecified atom stereocenters. The molecule has 0 spiro atoms. The Morgan fingerprint density at radius 2 is 1.95 bits per heavy atom. The molecule has 1 heterocycles. The first-order valence-electron chi connectivity index (χ1n) is 7.13. The maximum atomic E-state index is 12.1. The minimum Gasteiger partial charge on any atom is -0.391 e. The lowest BCUT2D eigenvalue weighted by atomic mass is 10.0. The third-order valence-corrected chi connectivity index (χ3v) is 6.81. The quantitative estimate of drug-likeness (QED) is 0.813. The van der Waals surface area contributed by atoms with Crippen LogP contribution in [0.2, 0.25) is 0 Å². The van der Waals surface area contributed by atoms with E-state index in [-0.39, 0.29) is 18.3 Å². The van der Waals surface area contributed by atoms with E-state index in [2.05, 4.69) is 5.32 Å². The number of aliphatic hydroxyl groups is 1. The highest BCUT2D eigenvalue weighted by molar-refractivity contribution is 7.93. The van der Waals surface area contributed by atoms with Crippen LogP contribution in [0.15, 0.2) is 46.0 Å². The second-order valence-corrected chi connectivity index (χ2v) is 8.56. The number of hydrogen-bond donors (Lipinski definition) is 2. The molecule has 1 aromatic heterocycles. The molecule has 0 aliphatic carbocycles. The Bertz CT molecular complexity index is 696. The average molecular weight is 339 g/mol. The second-order valence-electron chi connectivity index (χ2n) is 5.35. The zero-order valence-electron chi connectivity index (χ0n) is 12.7. The zero-order valence-corrected chi connectivity index (χ0v) is 14.3. The lowest BCUT2D eigenvalue weighted by Crippen LogP contribution is -2.34. The van der Waals surface area contributed by atoms with Crippen LogP contribution in [0.4, 0.5) is 0 Å². The van der Waals surface area contributed by atoms with Crippen molar-refractivity contribution in [2.75, 3.05) is 12.3 Å². The number of thiophene rings is 1. The fourth-order valence-electron chi connectivity index (χ4n) is 2.33. The molecule has 0 saturated heterocycles. The van der Waals surface area contributed by atoms with Gasteiger partial charge in [-0.3, -0.25) is 0 Å². The summed E-state index contributed by atoms with van der Waals surface area (Å²) in [4.78, 5) is 0. The van der Waals surface area contributed by atoms with Crippen LogP contribution in [0, 0.1) is 6.92 Å². The second kappa shape index (κ2) is 7.37. The molecule has 0 aliphatic rings. The summed E-state index contributed by atoms with van der Waals surface area (Å²) in [6, 6.07) is 11.3. The standard InChI is InChI=1S/C16H21NO3S2/c1-12-6-3-4-7-15(12)13(2)17-10-14(18)11-22(19,20)16-8-5-9-21-16/h3-9,13-14,17-18H,10-11H2,1-2H3. The lowest BCUT2D eigenvalue weighted by molar-refractivity contribution is 0.189. The highest BCUT2D eigenvalue weighted by Gasteiger charge is 2.21. The van der Waals surface area contributed by atoms with Gasteiger partial charge in [-0.15, -0.1) is 11.3 Å². The maximum absolute atomic E-state index is 12.1. The number of nitrogens with one attached hydrogen (secondary N) is 1. The first-order valence-corrected chi connectivity index (χ1v) is 9.66. The van der Waals surface area contributed by atoms with Crippen LogP contribution in [-0.2, 0) is 9.84 Å². The fourth-order valence-corrected chi connectivity index (χ4v) is 4.81. The summed E-state index contributed by atoms with van der Waals surface area (Å²) in [6.45, 7) is 4.27. The zero-order chi connectivity index (χ0) is 16.2. The van der Waals surface area contributed by atoms with E-state index in [0.29, 0.717) is 4.21 Å². The first-order chi connectivity index (χ1) is 10.4. The summed E-state index contributed by atoms with van der Waals surface area (Å²) in [5, 5.41) is 14.9. The Hall–Kier alpha value is -1.21. The van der Waals surface area contributed by atoms with Gasteiger partial charge in [-0.1, -0.05) is 30.3 Å². The highest BCUT2D eigenvalue weighted by Crippen LogP contribution is 2.19. The number of aliphatic hydroxyl groups excluding tert-OH is 1. The molecule has 6 heteroatoms. The first kappa shape index (κ1) is 17.1. The van der Waals surface area contributed by atoms with Crippen LogP contribution in [0.5, 0.6) is 0 Å². The highest BCUT2D eigenvalue weighted by atomic mass is 32.2. The fraction of sp³-hybridized carbons (Fsp3) is 0.375. The average Bonchev–Trinajstić information content (AvgIpc) is 3.00. The molecule has 0 bridgehead atoms. The van der Waals surface area contributed by atoms with Crippen molar-refractivity contribution in [3.05, 3.63) is 52.9 Å². The van der Waals surface area contributed by atoms with E-state index in [1.54, 1.807) is 17.5 Å². The van der Waals surface area contributed by atoms with Gasteiger partial charge < -0.3 is 10.4 Å². The number of aryl methyl sites for hydroxylation is 1. The molecular formula is C16H21NO3S2. The molecule has 120 valence electrons. The minimum atomic E-state index is -3.41. The molecule has 2 atom stereocenters. The summed E-state index contributed by atoms with van der Waals surface area (Å²) in [5.41, 5.74) is 2.32. The predicted octanol–water partition coefficient (Wildman–Crippen LogP) is 2.54.